The molecule has 2 aromatic rings. The molecule has 1 fully saturated rings. The van der Waals surface area contributed by atoms with E-state index in [0.29, 0.717) is 62.0 Å². The molecule has 0 bridgehead atoms. The predicted octanol–water partition coefficient (Wildman–Crippen LogP) is 1.42. The highest BCUT2D eigenvalue weighted by Crippen LogP contribution is 2.26. The number of fused-ring (bicyclic) bond motifs is 1. The van der Waals surface area contributed by atoms with Crippen LogP contribution in [0.1, 0.15) is 20.7 Å². The van der Waals surface area contributed by atoms with Gasteiger partial charge in [-0.1, -0.05) is 0 Å². The molecule has 2 amide bonds. The Bertz CT molecular complexity index is 1090. The first-order valence-corrected chi connectivity index (χ1v) is 11.3. The number of likely N-dealkylation sites (N-methyl/N-ethyl adjacent to an activating group) is 1. The quantitative estimate of drug-likeness (QED) is 0.763. The maximum Gasteiger partial charge on any atom is 0.257 e. The number of morpholine rings is 1. The first-order valence-electron chi connectivity index (χ1n) is 9.88. The lowest BCUT2D eigenvalue weighted by Crippen LogP contribution is -2.40. The number of nitrogens with one attached hydrogen (secondary N) is 1. The zero-order valence-corrected chi connectivity index (χ0v) is 17.9. The number of carbonyl (C=O) groups excluding carboxylic acids is 2. The third-order valence-electron chi connectivity index (χ3n) is 5.22. The molecule has 2 heterocycles. The number of nitrogens with zero attached hydrogens (tertiary/aromatic N) is 2. The fourth-order valence-corrected chi connectivity index (χ4v) is 4.83. The standard InChI is InChI=1S/C21H23N3O6S/c1-23-8-13-30-19-7-4-16(14-18(19)21(23)26)22-20(25)15-2-5-17(6-3-15)31(27,28)24-9-11-29-12-10-24/h2-7,14H,8-13H2,1H3,(H,22,25). The fourth-order valence-electron chi connectivity index (χ4n) is 3.42. The molecule has 2 aromatic carbocycles. The van der Waals surface area contributed by atoms with E-state index in [2.05, 4.69) is 5.32 Å². The molecule has 0 radical (unpaired) electrons. The van der Waals surface area contributed by atoms with Crippen molar-refractivity contribution in [3.8, 4) is 5.75 Å². The monoisotopic (exact) mass is 445 g/mol. The Balaban J connectivity index is 1.49. The molecular weight excluding hydrogens is 422 g/mol. The van der Waals surface area contributed by atoms with Gasteiger partial charge in [0.15, 0.2) is 0 Å². The summed E-state index contributed by atoms with van der Waals surface area (Å²) >= 11 is 0. The summed E-state index contributed by atoms with van der Waals surface area (Å²) in [7, 11) is -1.93. The molecule has 2 aliphatic rings. The van der Waals surface area contributed by atoms with Crippen molar-refractivity contribution in [3.63, 3.8) is 0 Å². The van der Waals surface area contributed by atoms with Crippen molar-refractivity contribution in [2.75, 3.05) is 51.8 Å². The van der Waals surface area contributed by atoms with Crippen LogP contribution in [0.15, 0.2) is 47.4 Å². The van der Waals surface area contributed by atoms with Crippen LogP contribution in [0.5, 0.6) is 5.75 Å². The van der Waals surface area contributed by atoms with E-state index in [0.717, 1.165) is 0 Å². The van der Waals surface area contributed by atoms with Gasteiger partial charge in [0.05, 0.1) is 30.2 Å². The maximum atomic E-state index is 12.7. The summed E-state index contributed by atoms with van der Waals surface area (Å²) in [6, 6.07) is 10.7. The number of anilines is 1. The molecule has 0 aliphatic carbocycles. The van der Waals surface area contributed by atoms with Crippen molar-refractivity contribution in [2.45, 2.75) is 4.90 Å². The topological polar surface area (TPSA) is 105 Å². The van der Waals surface area contributed by atoms with Crippen LogP contribution in [0.25, 0.3) is 0 Å². The number of sulfonamides is 1. The number of amides is 2. The Labute approximate surface area is 180 Å². The Kier molecular flexibility index (Phi) is 5.94. The highest BCUT2D eigenvalue weighted by atomic mass is 32.2. The van der Waals surface area contributed by atoms with Gasteiger partial charge in [-0.25, -0.2) is 8.42 Å². The molecule has 10 heteroatoms. The molecule has 0 unspecified atom stereocenters. The zero-order valence-electron chi connectivity index (χ0n) is 17.0. The van der Waals surface area contributed by atoms with Crippen LogP contribution in [0.3, 0.4) is 0 Å². The highest BCUT2D eigenvalue weighted by molar-refractivity contribution is 7.89. The van der Waals surface area contributed by atoms with Crippen molar-refractivity contribution in [3.05, 3.63) is 53.6 Å². The van der Waals surface area contributed by atoms with Gasteiger partial charge >= 0.3 is 0 Å². The zero-order chi connectivity index (χ0) is 22.0. The van der Waals surface area contributed by atoms with Gasteiger partial charge in [-0.2, -0.15) is 4.31 Å². The molecule has 0 aromatic heterocycles. The summed E-state index contributed by atoms with van der Waals surface area (Å²) in [6.07, 6.45) is 0. The largest absolute Gasteiger partial charge is 0.491 e. The molecule has 4 rings (SSSR count). The third kappa shape index (κ3) is 4.41. The average Bonchev–Trinajstić information content (AvgIpc) is 2.93. The molecule has 31 heavy (non-hydrogen) atoms. The Morgan fingerprint density at radius 3 is 2.42 bits per heavy atom. The fraction of sp³-hybridized carbons (Fsp3) is 0.333. The molecule has 164 valence electrons. The van der Waals surface area contributed by atoms with Gasteiger partial charge in [0.25, 0.3) is 11.8 Å². The van der Waals surface area contributed by atoms with Crippen LogP contribution in [0.2, 0.25) is 0 Å². The number of hydrogen-bond donors (Lipinski definition) is 1. The van der Waals surface area contributed by atoms with Crippen molar-refractivity contribution in [2.24, 2.45) is 0 Å². The summed E-state index contributed by atoms with van der Waals surface area (Å²) < 4.78 is 37.6. The van der Waals surface area contributed by atoms with E-state index in [1.807, 2.05) is 0 Å². The van der Waals surface area contributed by atoms with Gasteiger partial charge in [-0.15, -0.1) is 0 Å². The lowest BCUT2D eigenvalue weighted by molar-refractivity contribution is 0.0730. The lowest BCUT2D eigenvalue weighted by Gasteiger charge is -2.26. The minimum Gasteiger partial charge on any atom is -0.491 e. The number of hydrogen-bond acceptors (Lipinski definition) is 6. The van der Waals surface area contributed by atoms with E-state index in [1.54, 1.807) is 30.1 Å². The summed E-state index contributed by atoms with van der Waals surface area (Å²) in [5.74, 6) is -0.114. The van der Waals surface area contributed by atoms with Gasteiger partial charge in [0.2, 0.25) is 10.0 Å². The number of rotatable bonds is 4. The maximum absolute atomic E-state index is 12.7. The van der Waals surface area contributed by atoms with E-state index >= 15 is 0 Å². The van der Waals surface area contributed by atoms with Crippen molar-refractivity contribution < 1.29 is 27.5 Å². The molecule has 0 spiro atoms. The minimum absolute atomic E-state index is 0.127. The van der Waals surface area contributed by atoms with Crippen LogP contribution >= 0.6 is 0 Å². The number of carbonyl (C=O) groups is 2. The first kappa shape index (κ1) is 21.3. The summed E-state index contributed by atoms with van der Waals surface area (Å²) in [5.41, 5.74) is 1.13. The molecule has 2 aliphatic heterocycles. The number of ether oxygens (including phenoxy) is 2. The third-order valence-corrected chi connectivity index (χ3v) is 7.14. The minimum atomic E-state index is -3.62. The van der Waals surface area contributed by atoms with Crippen molar-refractivity contribution in [1.29, 1.82) is 0 Å². The summed E-state index contributed by atoms with van der Waals surface area (Å²) in [4.78, 5) is 26.8. The predicted molar refractivity (Wildman–Crippen MR) is 113 cm³/mol. The van der Waals surface area contributed by atoms with Crippen LogP contribution < -0.4 is 10.1 Å². The second kappa shape index (κ2) is 8.66. The number of benzene rings is 2. The van der Waals surface area contributed by atoms with E-state index in [-0.39, 0.29) is 10.8 Å². The van der Waals surface area contributed by atoms with Gasteiger partial charge in [-0.3, -0.25) is 9.59 Å². The molecule has 1 N–H and O–H groups in total. The smallest absolute Gasteiger partial charge is 0.257 e. The van der Waals surface area contributed by atoms with E-state index in [9.17, 15) is 18.0 Å². The molecule has 1 saturated heterocycles. The Morgan fingerprint density at radius 1 is 1.00 bits per heavy atom. The van der Waals surface area contributed by atoms with Gasteiger partial charge in [0, 0.05) is 31.4 Å². The van der Waals surface area contributed by atoms with Crippen molar-refractivity contribution in [1.82, 2.24) is 9.21 Å². The second-order valence-electron chi connectivity index (χ2n) is 7.28. The summed E-state index contributed by atoms with van der Waals surface area (Å²) in [5, 5.41) is 2.74. The lowest BCUT2D eigenvalue weighted by atomic mass is 10.1. The molecule has 0 saturated carbocycles. The van der Waals surface area contributed by atoms with E-state index in [4.69, 9.17) is 9.47 Å². The van der Waals surface area contributed by atoms with Gasteiger partial charge < -0.3 is 19.7 Å². The van der Waals surface area contributed by atoms with Crippen LogP contribution in [0.4, 0.5) is 5.69 Å². The molecule has 9 nitrogen and oxygen atoms in total. The SMILES string of the molecule is CN1CCOc2ccc(NC(=O)c3ccc(S(=O)(=O)N4CCOCC4)cc3)cc2C1=O. The second-order valence-corrected chi connectivity index (χ2v) is 9.22. The highest BCUT2D eigenvalue weighted by Gasteiger charge is 2.26. The van der Waals surface area contributed by atoms with Gasteiger partial charge in [0.1, 0.15) is 12.4 Å². The Morgan fingerprint density at radius 2 is 1.71 bits per heavy atom. The van der Waals surface area contributed by atoms with Crippen molar-refractivity contribution >= 4 is 27.5 Å². The van der Waals surface area contributed by atoms with Crippen LogP contribution in [0, 0.1) is 0 Å². The molecule has 0 atom stereocenters. The molecular formula is C21H23N3O6S. The van der Waals surface area contributed by atoms with Gasteiger partial charge in [-0.05, 0) is 42.5 Å². The van der Waals surface area contributed by atoms with E-state index in [1.165, 1.54) is 28.6 Å². The van der Waals surface area contributed by atoms with Crippen LogP contribution in [-0.4, -0.2) is 75.9 Å². The Hall–Kier alpha value is -2.95. The average molecular weight is 445 g/mol. The van der Waals surface area contributed by atoms with Crippen LogP contribution in [-0.2, 0) is 14.8 Å². The van der Waals surface area contributed by atoms with E-state index < -0.39 is 15.9 Å². The summed E-state index contributed by atoms with van der Waals surface area (Å²) in [6.45, 7) is 2.23. The first-order chi connectivity index (χ1) is 14.9. The normalized spacial score (nSPS) is 17.5.